The maximum Gasteiger partial charge on any atom is 0.226 e. The van der Waals surface area contributed by atoms with Gasteiger partial charge in [0, 0.05) is 6.20 Å². The maximum absolute atomic E-state index is 5.82. The molecule has 1 N–H and O–H groups in total. The first kappa shape index (κ1) is 9.97. The van der Waals surface area contributed by atoms with Crippen molar-refractivity contribution in [1.29, 1.82) is 0 Å². The third kappa shape index (κ3) is 1.55. The van der Waals surface area contributed by atoms with E-state index in [0.29, 0.717) is 11.5 Å². The van der Waals surface area contributed by atoms with Crippen LogP contribution in [0, 0.1) is 3.57 Å². The van der Waals surface area contributed by atoms with E-state index in [1.54, 1.807) is 17.1 Å². The smallest absolute Gasteiger partial charge is 0.226 e. The minimum absolute atomic E-state index is 0.164. The lowest BCUT2D eigenvalue weighted by Crippen LogP contribution is -2.00. The standard InChI is InChI=1S/C8H4ClIN6/c9-8-13-6-5(2-11-15-6)7(14-8)16-3-4(10)1-12-16/h1-3H,(H,11,13,14,15). The number of aromatic nitrogens is 6. The van der Waals surface area contributed by atoms with Gasteiger partial charge in [0.25, 0.3) is 0 Å². The van der Waals surface area contributed by atoms with E-state index in [4.69, 9.17) is 11.6 Å². The van der Waals surface area contributed by atoms with Crippen molar-refractivity contribution in [2.75, 3.05) is 0 Å². The van der Waals surface area contributed by atoms with Crippen molar-refractivity contribution in [1.82, 2.24) is 29.9 Å². The lowest BCUT2D eigenvalue weighted by molar-refractivity contribution is 0.851. The van der Waals surface area contributed by atoms with Crippen LogP contribution < -0.4 is 0 Å². The van der Waals surface area contributed by atoms with Crippen LogP contribution >= 0.6 is 34.2 Å². The van der Waals surface area contributed by atoms with E-state index in [0.717, 1.165) is 8.96 Å². The van der Waals surface area contributed by atoms with Crippen molar-refractivity contribution in [2.24, 2.45) is 0 Å². The first-order chi connectivity index (χ1) is 7.74. The second-order valence-corrected chi connectivity index (χ2v) is 4.64. The lowest BCUT2D eigenvalue weighted by Gasteiger charge is -2.01. The zero-order valence-electron chi connectivity index (χ0n) is 7.72. The van der Waals surface area contributed by atoms with Crippen molar-refractivity contribution >= 4 is 45.2 Å². The van der Waals surface area contributed by atoms with Crippen molar-refractivity contribution in [3.8, 4) is 5.82 Å². The summed E-state index contributed by atoms with van der Waals surface area (Å²) in [5, 5.41) is 11.8. The average molecular weight is 347 g/mol. The third-order valence-corrected chi connectivity index (χ3v) is 2.76. The number of aromatic amines is 1. The molecule has 0 radical (unpaired) electrons. The van der Waals surface area contributed by atoms with Gasteiger partial charge in [-0.2, -0.15) is 20.2 Å². The van der Waals surface area contributed by atoms with Gasteiger partial charge in [-0.05, 0) is 34.2 Å². The number of nitrogens with one attached hydrogen (secondary N) is 1. The Morgan fingerprint density at radius 1 is 1.31 bits per heavy atom. The highest BCUT2D eigenvalue weighted by molar-refractivity contribution is 14.1. The molecule has 6 nitrogen and oxygen atoms in total. The number of halogens is 2. The van der Waals surface area contributed by atoms with E-state index in [-0.39, 0.29) is 5.28 Å². The van der Waals surface area contributed by atoms with Gasteiger partial charge in [0.15, 0.2) is 11.5 Å². The molecule has 0 spiro atoms. The number of nitrogens with zero attached hydrogens (tertiary/aromatic N) is 5. The SMILES string of the molecule is Clc1nc(-n2cc(I)cn2)c2cn[nH]c2n1. The van der Waals surface area contributed by atoms with Gasteiger partial charge in [-0.15, -0.1) is 0 Å². The van der Waals surface area contributed by atoms with Crippen LogP contribution in [0.4, 0.5) is 0 Å². The van der Waals surface area contributed by atoms with Crippen LogP contribution in [-0.4, -0.2) is 29.9 Å². The third-order valence-electron chi connectivity index (χ3n) is 2.03. The largest absolute Gasteiger partial charge is 0.261 e. The molecule has 0 saturated carbocycles. The van der Waals surface area contributed by atoms with Gasteiger partial charge >= 0.3 is 0 Å². The van der Waals surface area contributed by atoms with E-state index in [2.05, 4.69) is 47.9 Å². The molecule has 3 aromatic rings. The Kier molecular flexibility index (Phi) is 2.28. The first-order valence-corrected chi connectivity index (χ1v) is 5.77. The van der Waals surface area contributed by atoms with Gasteiger partial charge < -0.3 is 0 Å². The number of fused-ring (bicyclic) bond motifs is 1. The van der Waals surface area contributed by atoms with Gasteiger partial charge in [-0.3, -0.25) is 5.10 Å². The second-order valence-electron chi connectivity index (χ2n) is 3.05. The molecule has 0 fully saturated rings. The van der Waals surface area contributed by atoms with Crippen LogP contribution in [0.25, 0.3) is 16.9 Å². The number of hydrogen-bond acceptors (Lipinski definition) is 4. The molecule has 0 saturated heterocycles. The number of hydrogen-bond donors (Lipinski definition) is 1. The Hall–Kier alpha value is -1.22. The molecule has 8 heteroatoms. The van der Waals surface area contributed by atoms with Crippen LogP contribution in [0.3, 0.4) is 0 Å². The summed E-state index contributed by atoms with van der Waals surface area (Å²) in [5.41, 5.74) is 0.598. The van der Waals surface area contributed by atoms with E-state index in [9.17, 15) is 0 Å². The van der Waals surface area contributed by atoms with E-state index < -0.39 is 0 Å². The van der Waals surface area contributed by atoms with E-state index >= 15 is 0 Å². The molecule has 0 aliphatic rings. The molecular weight excluding hydrogens is 342 g/mol. The van der Waals surface area contributed by atoms with Crippen LogP contribution in [0.5, 0.6) is 0 Å². The lowest BCUT2D eigenvalue weighted by atomic mass is 10.4. The zero-order valence-corrected chi connectivity index (χ0v) is 10.6. The highest BCUT2D eigenvalue weighted by Crippen LogP contribution is 2.19. The highest BCUT2D eigenvalue weighted by atomic mass is 127. The molecule has 0 aliphatic heterocycles. The summed E-state index contributed by atoms with van der Waals surface area (Å²) in [7, 11) is 0. The molecule has 0 aromatic carbocycles. The number of rotatable bonds is 1. The molecule has 0 amide bonds. The van der Waals surface area contributed by atoms with Gasteiger partial charge in [0.2, 0.25) is 5.28 Å². The number of H-pyrrole nitrogens is 1. The minimum atomic E-state index is 0.164. The Bertz CT molecular complexity index is 659. The predicted molar refractivity (Wildman–Crippen MR) is 66.5 cm³/mol. The minimum Gasteiger partial charge on any atom is -0.261 e. The molecule has 0 atom stereocenters. The van der Waals surface area contributed by atoms with E-state index in [1.165, 1.54) is 0 Å². The highest BCUT2D eigenvalue weighted by Gasteiger charge is 2.10. The summed E-state index contributed by atoms with van der Waals surface area (Å²) in [5.74, 6) is 0.617. The summed E-state index contributed by atoms with van der Waals surface area (Å²) in [6, 6.07) is 0. The molecule has 3 rings (SSSR count). The second kappa shape index (κ2) is 3.67. The fraction of sp³-hybridized carbons (Fsp3) is 0. The summed E-state index contributed by atoms with van der Waals surface area (Å²) in [6.45, 7) is 0. The summed E-state index contributed by atoms with van der Waals surface area (Å²) in [4.78, 5) is 8.17. The Balaban J connectivity index is 2.33. The topological polar surface area (TPSA) is 72.3 Å². The van der Waals surface area contributed by atoms with Crippen LogP contribution in [0.1, 0.15) is 0 Å². The Labute approximate surface area is 108 Å². The molecule has 0 aliphatic carbocycles. The van der Waals surface area contributed by atoms with Crippen molar-refractivity contribution in [3.05, 3.63) is 27.4 Å². The monoisotopic (exact) mass is 346 g/mol. The predicted octanol–water partition coefficient (Wildman–Crippen LogP) is 1.80. The quantitative estimate of drug-likeness (QED) is 0.539. The van der Waals surface area contributed by atoms with Crippen LogP contribution in [-0.2, 0) is 0 Å². The van der Waals surface area contributed by atoms with Crippen LogP contribution in [0.2, 0.25) is 5.28 Å². The summed E-state index contributed by atoms with van der Waals surface area (Å²) in [6.07, 6.45) is 5.24. The zero-order chi connectivity index (χ0) is 11.1. The molecule has 0 bridgehead atoms. The molecule has 3 aromatic heterocycles. The molecule has 0 unspecified atom stereocenters. The van der Waals surface area contributed by atoms with Gasteiger partial charge in [0.1, 0.15) is 0 Å². The van der Waals surface area contributed by atoms with Gasteiger partial charge in [-0.25, -0.2) is 4.68 Å². The van der Waals surface area contributed by atoms with Crippen LogP contribution in [0.15, 0.2) is 18.6 Å². The van der Waals surface area contributed by atoms with E-state index in [1.807, 2.05) is 6.20 Å². The fourth-order valence-electron chi connectivity index (χ4n) is 1.38. The van der Waals surface area contributed by atoms with Gasteiger partial charge in [-0.1, -0.05) is 0 Å². The molecular formula is C8H4ClIN6. The van der Waals surface area contributed by atoms with Crippen molar-refractivity contribution in [3.63, 3.8) is 0 Å². The Morgan fingerprint density at radius 3 is 2.94 bits per heavy atom. The maximum atomic E-state index is 5.82. The van der Waals surface area contributed by atoms with Crippen molar-refractivity contribution < 1.29 is 0 Å². The first-order valence-electron chi connectivity index (χ1n) is 4.31. The molecule has 3 heterocycles. The van der Waals surface area contributed by atoms with Gasteiger partial charge in [0.05, 0.1) is 21.4 Å². The molecule has 80 valence electrons. The summed E-state index contributed by atoms with van der Waals surface area (Å²) < 4.78 is 2.66. The summed E-state index contributed by atoms with van der Waals surface area (Å²) >= 11 is 8.00. The molecule has 16 heavy (non-hydrogen) atoms. The Morgan fingerprint density at radius 2 is 2.19 bits per heavy atom. The fourth-order valence-corrected chi connectivity index (χ4v) is 1.94. The normalized spacial score (nSPS) is 11.1. The average Bonchev–Trinajstić information content (AvgIpc) is 2.84. The van der Waals surface area contributed by atoms with Crippen molar-refractivity contribution in [2.45, 2.75) is 0 Å².